The van der Waals surface area contributed by atoms with E-state index in [-0.39, 0.29) is 29.9 Å². The molecule has 1 saturated heterocycles. The molecule has 1 atom stereocenters. The van der Waals surface area contributed by atoms with Gasteiger partial charge in [-0.15, -0.1) is 25.6 Å². The molecule has 0 amide bonds. The van der Waals surface area contributed by atoms with Gasteiger partial charge in [-0.2, -0.15) is 0 Å². The van der Waals surface area contributed by atoms with Gasteiger partial charge in [0.1, 0.15) is 11.5 Å². The molecule has 4 nitrogen and oxygen atoms in total. The van der Waals surface area contributed by atoms with Crippen LogP contribution in [0.1, 0.15) is 44.2 Å². The molecule has 0 unspecified atom stereocenters. The fraction of sp³-hybridized carbons (Fsp3) is 0.647. The van der Waals surface area contributed by atoms with Crippen LogP contribution in [0.15, 0.2) is 18.2 Å². The molecule has 0 spiro atoms. The van der Waals surface area contributed by atoms with E-state index in [2.05, 4.69) is 21.9 Å². The van der Waals surface area contributed by atoms with E-state index in [9.17, 15) is 18.3 Å². The van der Waals surface area contributed by atoms with Crippen LogP contribution in [0.3, 0.4) is 0 Å². The zero-order valence-corrected chi connectivity index (χ0v) is 15.1. The maximum atomic E-state index is 12.5. The average Bonchev–Trinajstić information content (AvgIpc) is 2.53. The highest BCUT2D eigenvalue weighted by atomic mass is 35.5. The summed E-state index contributed by atoms with van der Waals surface area (Å²) in [5.41, 5.74) is 0.509. The van der Waals surface area contributed by atoms with E-state index in [0.29, 0.717) is 5.56 Å². The van der Waals surface area contributed by atoms with Crippen LogP contribution in [0, 0.1) is 0 Å². The Morgan fingerprint density at radius 3 is 2.52 bits per heavy atom. The van der Waals surface area contributed by atoms with Crippen LogP contribution in [0.4, 0.5) is 13.2 Å². The molecule has 144 valence electrons. The zero-order valence-electron chi connectivity index (χ0n) is 14.3. The van der Waals surface area contributed by atoms with Crippen molar-refractivity contribution < 1.29 is 23.0 Å². The highest BCUT2D eigenvalue weighted by molar-refractivity contribution is 5.85. The summed E-state index contributed by atoms with van der Waals surface area (Å²) in [7, 11) is 0. The van der Waals surface area contributed by atoms with Gasteiger partial charge >= 0.3 is 6.36 Å². The fourth-order valence-electron chi connectivity index (χ4n) is 3.11. The lowest BCUT2D eigenvalue weighted by molar-refractivity contribution is -0.274. The van der Waals surface area contributed by atoms with Crippen molar-refractivity contribution in [3.05, 3.63) is 23.8 Å². The Bertz CT molecular complexity index is 523. The lowest BCUT2D eigenvalue weighted by Gasteiger charge is -2.35. The highest BCUT2D eigenvalue weighted by Gasteiger charge is 2.32. The van der Waals surface area contributed by atoms with E-state index in [1.165, 1.54) is 12.1 Å². The summed E-state index contributed by atoms with van der Waals surface area (Å²) in [6.07, 6.45) is -0.841. The molecule has 2 N–H and O–H groups in total. The van der Waals surface area contributed by atoms with E-state index in [4.69, 9.17) is 0 Å². The maximum Gasteiger partial charge on any atom is 0.573 e. The van der Waals surface area contributed by atoms with Gasteiger partial charge in [-0.1, -0.05) is 26.2 Å². The predicted octanol–water partition coefficient (Wildman–Crippen LogP) is 4.24. The van der Waals surface area contributed by atoms with E-state index >= 15 is 0 Å². The molecule has 0 bridgehead atoms. The Hall–Kier alpha value is -1.18. The Morgan fingerprint density at radius 1 is 1.24 bits per heavy atom. The van der Waals surface area contributed by atoms with Gasteiger partial charge in [-0.05, 0) is 24.6 Å². The second-order valence-electron chi connectivity index (χ2n) is 6.07. The number of phenols is 1. The van der Waals surface area contributed by atoms with Crippen LogP contribution in [-0.4, -0.2) is 42.5 Å². The number of halogens is 4. The number of hydrogen-bond donors (Lipinski definition) is 2. The van der Waals surface area contributed by atoms with Gasteiger partial charge in [0.05, 0.1) is 0 Å². The molecule has 1 aliphatic heterocycles. The first-order valence-electron chi connectivity index (χ1n) is 8.44. The Balaban J connectivity index is 0.00000312. The minimum Gasteiger partial charge on any atom is -0.508 e. The van der Waals surface area contributed by atoms with Crippen LogP contribution in [0.5, 0.6) is 11.5 Å². The van der Waals surface area contributed by atoms with Crippen molar-refractivity contribution in [1.82, 2.24) is 10.2 Å². The fourth-order valence-corrected chi connectivity index (χ4v) is 3.11. The highest BCUT2D eigenvalue weighted by Crippen LogP contribution is 2.36. The van der Waals surface area contributed by atoms with Gasteiger partial charge in [0, 0.05) is 37.8 Å². The average molecular weight is 383 g/mol. The van der Waals surface area contributed by atoms with Gasteiger partial charge < -0.3 is 15.2 Å². The molecule has 1 fully saturated rings. The number of piperazine rings is 1. The normalized spacial score (nSPS) is 17.0. The van der Waals surface area contributed by atoms with E-state index in [1.807, 2.05) is 0 Å². The molecule has 1 aromatic rings. The number of ether oxygens (including phenoxy) is 1. The molecule has 0 aliphatic carbocycles. The van der Waals surface area contributed by atoms with E-state index in [0.717, 1.165) is 57.9 Å². The monoisotopic (exact) mass is 382 g/mol. The number of nitrogens with one attached hydrogen (secondary N) is 1. The van der Waals surface area contributed by atoms with E-state index in [1.54, 1.807) is 0 Å². The number of unbranched alkanes of at least 4 members (excludes halogenated alkanes) is 2. The van der Waals surface area contributed by atoms with Crippen molar-refractivity contribution in [2.75, 3.05) is 26.2 Å². The number of rotatable bonds is 7. The molecule has 1 aliphatic rings. The van der Waals surface area contributed by atoms with Crippen LogP contribution >= 0.6 is 12.4 Å². The topological polar surface area (TPSA) is 44.7 Å². The van der Waals surface area contributed by atoms with Crippen molar-refractivity contribution in [1.29, 1.82) is 0 Å². The van der Waals surface area contributed by atoms with Crippen LogP contribution in [-0.2, 0) is 0 Å². The van der Waals surface area contributed by atoms with Crippen molar-refractivity contribution in [3.8, 4) is 11.5 Å². The summed E-state index contributed by atoms with van der Waals surface area (Å²) in [5.74, 6) is -0.268. The molecular formula is C17H26ClF3N2O2. The minimum atomic E-state index is -4.74. The summed E-state index contributed by atoms with van der Waals surface area (Å²) in [6.45, 7) is 5.39. The largest absolute Gasteiger partial charge is 0.573 e. The SMILES string of the molecule is CCCCC[C@H](c1cc(OC(F)(F)F)ccc1O)N1CCNCC1.Cl. The first kappa shape index (κ1) is 21.9. The lowest BCUT2D eigenvalue weighted by Crippen LogP contribution is -2.45. The van der Waals surface area contributed by atoms with Crippen molar-refractivity contribution in [2.24, 2.45) is 0 Å². The number of hydrogen-bond acceptors (Lipinski definition) is 4. The van der Waals surface area contributed by atoms with Crippen LogP contribution < -0.4 is 10.1 Å². The Labute approximate surface area is 152 Å². The second kappa shape index (κ2) is 10.1. The predicted molar refractivity (Wildman–Crippen MR) is 93.4 cm³/mol. The summed E-state index contributed by atoms with van der Waals surface area (Å²) in [5, 5.41) is 13.5. The second-order valence-corrected chi connectivity index (χ2v) is 6.07. The maximum absolute atomic E-state index is 12.5. The van der Waals surface area contributed by atoms with Gasteiger partial charge in [0.15, 0.2) is 0 Å². The van der Waals surface area contributed by atoms with Crippen molar-refractivity contribution in [3.63, 3.8) is 0 Å². The molecule has 0 aromatic heterocycles. The third-order valence-corrected chi connectivity index (χ3v) is 4.27. The molecule has 8 heteroatoms. The summed E-state index contributed by atoms with van der Waals surface area (Å²) < 4.78 is 41.4. The molecular weight excluding hydrogens is 357 g/mol. The molecule has 1 heterocycles. The Kier molecular flexibility index (Phi) is 8.82. The molecule has 1 aromatic carbocycles. The lowest BCUT2D eigenvalue weighted by atomic mass is 9.97. The molecule has 0 radical (unpaired) electrons. The number of phenolic OH excluding ortho intramolecular Hbond substituents is 1. The standard InChI is InChI=1S/C17H25F3N2O2.ClH/c1-2-3-4-5-15(22-10-8-21-9-11-22)14-12-13(6-7-16(14)23)24-17(18,19)20;/h6-7,12,15,21,23H,2-5,8-11H2,1H3;1H/t15-;/m1./s1. The van der Waals surface area contributed by atoms with Crippen molar-refractivity contribution in [2.45, 2.75) is 45.0 Å². The minimum absolute atomic E-state index is 0. The van der Waals surface area contributed by atoms with Crippen LogP contribution in [0.25, 0.3) is 0 Å². The third-order valence-electron chi connectivity index (χ3n) is 4.27. The first-order valence-corrected chi connectivity index (χ1v) is 8.44. The molecule has 2 rings (SSSR count). The smallest absolute Gasteiger partial charge is 0.508 e. The number of aromatic hydroxyl groups is 1. The van der Waals surface area contributed by atoms with Gasteiger partial charge in [-0.25, -0.2) is 0 Å². The molecule has 25 heavy (non-hydrogen) atoms. The third kappa shape index (κ3) is 6.92. The molecule has 0 saturated carbocycles. The first-order chi connectivity index (χ1) is 11.4. The number of nitrogens with zero attached hydrogens (tertiary/aromatic N) is 1. The van der Waals surface area contributed by atoms with Gasteiger partial charge in [0.25, 0.3) is 0 Å². The Morgan fingerprint density at radius 2 is 1.92 bits per heavy atom. The van der Waals surface area contributed by atoms with E-state index < -0.39 is 6.36 Å². The summed E-state index contributed by atoms with van der Waals surface area (Å²) in [4.78, 5) is 2.22. The number of benzene rings is 1. The summed E-state index contributed by atoms with van der Waals surface area (Å²) >= 11 is 0. The summed E-state index contributed by atoms with van der Waals surface area (Å²) in [6, 6.07) is 3.65. The van der Waals surface area contributed by atoms with Crippen LogP contribution in [0.2, 0.25) is 0 Å². The van der Waals surface area contributed by atoms with Gasteiger partial charge in [-0.3, -0.25) is 4.90 Å². The number of alkyl halides is 3. The van der Waals surface area contributed by atoms with Gasteiger partial charge in [0.2, 0.25) is 0 Å². The van der Waals surface area contributed by atoms with Crippen molar-refractivity contribution >= 4 is 12.4 Å². The quantitative estimate of drug-likeness (QED) is 0.692. The zero-order chi connectivity index (χ0) is 17.6.